The molecule has 0 fully saturated rings. The fourth-order valence-electron chi connectivity index (χ4n) is 6.19. The molecule has 66 heavy (non-hydrogen) atoms. The second-order valence-corrected chi connectivity index (χ2v) is 21.9. The zero-order valence-corrected chi connectivity index (χ0v) is 43.2. The molecule has 10 heteroatoms. The Morgan fingerprint density at radius 3 is 1.08 bits per heavy atom. The molecule has 0 amide bonds. The van der Waals surface area contributed by atoms with E-state index in [-0.39, 0.29) is 33.4 Å². The Hall–Kier alpha value is -4.24. The Morgan fingerprint density at radius 2 is 0.712 bits per heavy atom. The fraction of sp³-hybridized carbons (Fsp3) is 0.464. The average molecular weight is 952 g/mol. The highest BCUT2D eigenvalue weighted by Crippen LogP contribution is 2.35. The highest BCUT2D eigenvalue weighted by molar-refractivity contribution is 6.30. The summed E-state index contributed by atoms with van der Waals surface area (Å²) >= 11 is 5.96. The lowest BCUT2D eigenvalue weighted by molar-refractivity contribution is -0.138. The first-order valence-electron chi connectivity index (χ1n) is 21.9. The van der Waals surface area contributed by atoms with Crippen LogP contribution in [0.4, 0.5) is 39.5 Å². The maximum absolute atomic E-state index is 13.0. The van der Waals surface area contributed by atoms with E-state index in [9.17, 15) is 39.5 Å². The van der Waals surface area contributed by atoms with Crippen LogP contribution in [0.3, 0.4) is 0 Å². The number of rotatable bonds is 1. The minimum Gasteiger partial charge on any atom is -0.207 e. The smallest absolute Gasteiger partial charge is 0.207 e. The molecule has 0 nitrogen and oxygen atoms in total. The zero-order valence-electron chi connectivity index (χ0n) is 42.4. The maximum Gasteiger partial charge on any atom is 0.416 e. The van der Waals surface area contributed by atoms with Gasteiger partial charge in [0.1, 0.15) is 5.82 Å². The van der Waals surface area contributed by atoms with Gasteiger partial charge >= 0.3 is 12.4 Å². The van der Waals surface area contributed by atoms with Gasteiger partial charge in [0.2, 0.25) is 0 Å². The van der Waals surface area contributed by atoms with Crippen molar-refractivity contribution in [3.8, 4) is 0 Å². The van der Waals surface area contributed by atoms with E-state index in [1.807, 2.05) is 80.5 Å². The third kappa shape index (κ3) is 20.7. The van der Waals surface area contributed by atoms with Crippen LogP contribution in [0.1, 0.15) is 170 Å². The third-order valence-electron chi connectivity index (χ3n) is 10.3. The van der Waals surface area contributed by atoms with Crippen LogP contribution in [0.5, 0.6) is 0 Å². The van der Waals surface area contributed by atoms with E-state index in [4.69, 9.17) is 11.6 Å². The average Bonchev–Trinajstić information content (AvgIpc) is 3.11. The molecule has 0 aliphatic carbocycles. The predicted octanol–water partition coefficient (Wildman–Crippen LogP) is 19.4. The highest BCUT2D eigenvalue weighted by Gasteiger charge is 2.32. The number of hydrogen-bond donors (Lipinski definition) is 0. The molecule has 0 N–H and O–H groups in total. The number of benzene rings is 5. The topological polar surface area (TPSA) is 0 Å². The molecule has 0 atom stereocenters. The Bertz CT molecular complexity index is 2180. The van der Waals surface area contributed by atoms with Crippen molar-refractivity contribution in [1.82, 2.24) is 0 Å². The second-order valence-electron chi connectivity index (χ2n) is 21.5. The van der Waals surface area contributed by atoms with Crippen molar-refractivity contribution >= 4 is 11.6 Å². The Labute approximate surface area is 395 Å². The Morgan fingerprint density at radius 1 is 0.379 bits per heavy atom. The molecule has 0 unspecified atom stereocenters. The lowest BCUT2D eigenvalue weighted by Crippen LogP contribution is -2.14. The van der Waals surface area contributed by atoms with Gasteiger partial charge < -0.3 is 0 Å². The van der Waals surface area contributed by atoms with Crippen LogP contribution in [0, 0.1) is 52.1 Å². The monoisotopic (exact) mass is 951 g/mol. The summed E-state index contributed by atoms with van der Waals surface area (Å²) in [5, 5.41) is 0.833. The summed E-state index contributed by atoms with van der Waals surface area (Å²) in [6, 6.07) is 22.7. The van der Waals surface area contributed by atoms with Crippen LogP contribution in [-0.2, 0) is 34.0 Å². The first-order valence-corrected chi connectivity index (χ1v) is 22.3. The first kappa shape index (κ1) is 59.8. The van der Waals surface area contributed by atoms with E-state index < -0.39 is 35.1 Å². The molecular weight excluding hydrogens is 879 g/mol. The largest absolute Gasteiger partial charge is 0.416 e. The molecule has 366 valence electrons. The van der Waals surface area contributed by atoms with E-state index in [1.165, 1.54) is 41.5 Å². The minimum absolute atomic E-state index is 0.0346. The van der Waals surface area contributed by atoms with Gasteiger partial charge in [-0.1, -0.05) is 150 Å². The molecule has 0 radical (unpaired) electrons. The molecule has 0 aliphatic heterocycles. The van der Waals surface area contributed by atoms with Crippen LogP contribution in [-0.4, -0.2) is 0 Å². The van der Waals surface area contributed by atoms with E-state index >= 15 is 0 Å². The third-order valence-corrected chi connectivity index (χ3v) is 10.5. The van der Waals surface area contributed by atoms with E-state index in [0.29, 0.717) is 16.7 Å². The van der Waals surface area contributed by atoms with Crippen LogP contribution in [0.15, 0.2) is 84.9 Å². The van der Waals surface area contributed by atoms with Crippen molar-refractivity contribution in [3.05, 3.63) is 174 Å². The molecule has 0 saturated carbocycles. The molecule has 0 heterocycles. The van der Waals surface area contributed by atoms with E-state index in [0.717, 1.165) is 32.8 Å². The van der Waals surface area contributed by atoms with Crippen molar-refractivity contribution in [1.29, 1.82) is 0 Å². The SMILES string of the molecule is Cc1cc(C(C)(C)C)cc(C(F)(F)F)c1.Cc1cc(C(C)(C)C)cc(F)c1F.Cc1cc(C(C)C)cc(C(F)(F)F)c1.Cc1cc(Cl)cc(C(C)(C)C)c1.Cc1cc(F)cc(C(C)(C)C)c1. The van der Waals surface area contributed by atoms with Gasteiger partial charge in [-0.3, -0.25) is 0 Å². The van der Waals surface area contributed by atoms with Crippen molar-refractivity contribution in [3.63, 3.8) is 0 Å². The summed E-state index contributed by atoms with van der Waals surface area (Å²) < 4.78 is 114. The fourth-order valence-corrected chi connectivity index (χ4v) is 6.48. The van der Waals surface area contributed by atoms with Crippen molar-refractivity contribution < 1.29 is 39.5 Å². The van der Waals surface area contributed by atoms with Crippen molar-refractivity contribution in [2.24, 2.45) is 0 Å². The van der Waals surface area contributed by atoms with Gasteiger partial charge in [0.25, 0.3) is 0 Å². The molecule has 5 aromatic rings. The molecule has 0 saturated heterocycles. The van der Waals surface area contributed by atoms with E-state index in [2.05, 4.69) is 54.5 Å². The van der Waals surface area contributed by atoms with Crippen LogP contribution in [0.2, 0.25) is 5.02 Å². The quantitative estimate of drug-likeness (QED) is 0.147. The predicted molar refractivity (Wildman–Crippen MR) is 260 cm³/mol. The summed E-state index contributed by atoms with van der Waals surface area (Å²) in [5.74, 6) is -1.52. The van der Waals surface area contributed by atoms with Crippen molar-refractivity contribution in [2.45, 2.75) is 171 Å². The molecular formula is C56H72ClF9. The van der Waals surface area contributed by atoms with Crippen LogP contribution >= 0.6 is 11.6 Å². The standard InChI is InChI=1S/C12H15F3.C11H15Cl.C11H13F3.C11H14F2.C11H15F/c1-8-5-9(11(2,3)4)7-10(6-8)12(13,14)15;1-8-5-9(11(2,3)4)7-10(12)6-8;1-7(2)9-4-8(3)5-10(6-9)11(12,13)14;1-7-5-8(11(2,3)4)6-9(12)10(7)13;1-8-5-9(11(2,3)4)7-10(12)6-8/h5-7H,1-4H3;5-7H,1-4H3;4-7H,1-3H3;5-6H,1-4H3;5-7H,1-4H3. The molecule has 5 aromatic carbocycles. The van der Waals surface area contributed by atoms with E-state index in [1.54, 1.807) is 51.1 Å². The molecule has 0 spiro atoms. The summed E-state index contributed by atoms with van der Waals surface area (Å²) in [6.45, 7) is 37.2. The van der Waals surface area contributed by atoms with Gasteiger partial charge in [0.15, 0.2) is 11.6 Å². The Kier molecular flexibility index (Phi) is 21.0. The van der Waals surface area contributed by atoms with Crippen LogP contribution in [0.25, 0.3) is 0 Å². The van der Waals surface area contributed by atoms with Gasteiger partial charge in [-0.2, -0.15) is 26.3 Å². The molecule has 0 aliphatic rings. The molecule has 0 bridgehead atoms. The summed E-state index contributed by atoms with van der Waals surface area (Å²) in [6.07, 6.45) is -8.50. The van der Waals surface area contributed by atoms with Gasteiger partial charge in [-0.05, 0) is 161 Å². The zero-order chi connectivity index (χ0) is 51.7. The molecule has 0 aromatic heterocycles. The summed E-state index contributed by atoms with van der Waals surface area (Å²) in [5.41, 5.74) is 7.22. The van der Waals surface area contributed by atoms with Gasteiger partial charge in [-0.15, -0.1) is 0 Å². The lowest BCUT2D eigenvalue weighted by Gasteiger charge is -2.21. The second kappa shape index (κ2) is 23.2. The van der Waals surface area contributed by atoms with Gasteiger partial charge in [-0.25, -0.2) is 13.2 Å². The van der Waals surface area contributed by atoms with Crippen LogP contribution < -0.4 is 0 Å². The first-order chi connectivity index (χ1) is 29.5. The number of hydrogen-bond acceptors (Lipinski definition) is 0. The number of aryl methyl sites for hydroxylation is 5. The highest BCUT2D eigenvalue weighted by atomic mass is 35.5. The number of halogens is 10. The summed E-state index contributed by atoms with van der Waals surface area (Å²) in [7, 11) is 0. The summed E-state index contributed by atoms with van der Waals surface area (Å²) in [4.78, 5) is 0. The molecule has 5 rings (SSSR count). The lowest BCUT2D eigenvalue weighted by atomic mass is 9.85. The minimum atomic E-state index is -4.26. The Balaban J connectivity index is 0.000000414. The van der Waals surface area contributed by atoms with Gasteiger partial charge in [0.05, 0.1) is 11.1 Å². The normalized spacial score (nSPS) is 12.2. The van der Waals surface area contributed by atoms with Crippen molar-refractivity contribution in [2.75, 3.05) is 0 Å². The number of alkyl halides is 6. The maximum atomic E-state index is 13.0. The van der Waals surface area contributed by atoms with Gasteiger partial charge in [0, 0.05) is 5.02 Å².